The van der Waals surface area contributed by atoms with Crippen molar-refractivity contribution >= 4 is 22.4 Å². The van der Waals surface area contributed by atoms with Crippen molar-refractivity contribution in [1.82, 2.24) is 15.0 Å². The van der Waals surface area contributed by atoms with Crippen molar-refractivity contribution < 1.29 is 4.74 Å². The molecule has 0 saturated heterocycles. The van der Waals surface area contributed by atoms with Crippen molar-refractivity contribution in [2.75, 3.05) is 12.4 Å². The molecule has 0 bridgehead atoms. The van der Waals surface area contributed by atoms with Crippen molar-refractivity contribution in [3.8, 4) is 5.75 Å². The van der Waals surface area contributed by atoms with Crippen LogP contribution in [0.2, 0.25) is 0 Å². The number of benzene rings is 2. The van der Waals surface area contributed by atoms with Crippen LogP contribution in [0.4, 0.5) is 11.5 Å². The number of rotatable bonds is 5. The van der Waals surface area contributed by atoms with E-state index in [1.54, 1.807) is 13.3 Å². The fraction of sp³-hybridized carbons (Fsp3) is 0.143. The van der Waals surface area contributed by atoms with Gasteiger partial charge < -0.3 is 15.0 Å². The number of para-hydroxylation sites is 1. The number of aromatic amines is 1. The Labute approximate surface area is 152 Å². The molecule has 0 amide bonds. The van der Waals surface area contributed by atoms with Gasteiger partial charge in [0.2, 0.25) is 0 Å². The molecule has 0 aliphatic heterocycles. The Hall–Kier alpha value is -3.34. The summed E-state index contributed by atoms with van der Waals surface area (Å²) >= 11 is 0. The van der Waals surface area contributed by atoms with E-state index in [9.17, 15) is 0 Å². The zero-order chi connectivity index (χ0) is 17.9. The molecule has 0 radical (unpaired) electrons. The fourth-order valence-corrected chi connectivity index (χ4v) is 3.08. The number of aryl methyl sites for hydroxylation is 1. The summed E-state index contributed by atoms with van der Waals surface area (Å²) in [6, 6.07) is 18.2. The molecule has 2 N–H and O–H groups in total. The van der Waals surface area contributed by atoms with Crippen molar-refractivity contribution in [3.63, 3.8) is 0 Å². The minimum Gasteiger partial charge on any atom is -0.496 e. The predicted molar refractivity (Wildman–Crippen MR) is 104 cm³/mol. The molecule has 0 aliphatic carbocycles. The summed E-state index contributed by atoms with van der Waals surface area (Å²) in [6.45, 7) is 2.06. The van der Waals surface area contributed by atoms with E-state index in [1.165, 1.54) is 5.39 Å². The molecule has 2 heterocycles. The lowest BCUT2D eigenvalue weighted by molar-refractivity contribution is 0.410. The lowest BCUT2D eigenvalue weighted by atomic mass is 10.1. The summed E-state index contributed by atoms with van der Waals surface area (Å²) in [5.74, 6) is 2.37. The van der Waals surface area contributed by atoms with E-state index >= 15 is 0 Å². The standard InChI is InChI=1S/C21H20N4O/c1-14-11-16-12-17(7-8-18(16)23-14)24-20-9-10-22-21(25-20)13-15-5-3-4-6-19(15)26-2/h3-12,23H,13H2,1-2H3,(H,22,24,25). The van der Waals surface area contributed by atoms with E-state index in [2.05, 4.69) is 45.4 Å². The first kappa shape index (κ1) is 16.1. The Bertz CT molecular complexity index is 1050. The number of hydrogen-bond donors (Lipinski definition) is 2. The molecule has 2 aromatic carbocycles. The second-order valence-corrected chi connectivity index (χ2v) is 6.23. The van der Waals surface area contributed by atoms with E-state index in [0.717, 1.165) is 39.9 Å². The maximum Gasteiger partial charge on any atom is 0.135 e. The number of ether oxygens (including phenoxy) is 1. The van der Waals surface area contributed by atoms with Crippen LogP contribution in [0.3, 0.4) is 0 Å². The van der Waals surface area contributed by atoms with Gasteiger partial charge in [0.15, 0.2) is 0 Å². The maximum atomic E-state index is 5.41. The third kappa shape index (κ3) is 3.37. The van der Waals surface area contributed by atoms with Crippen molar-refractivity contribution in [2.45, 2.75) is 13.3 Å². The highest BCUT2D eigenvalue weighted by Gasteiger charge is 2.07. The number of methoxy groups -OCH3 is 1. The van der Waals surface area contributed by atoms with Gasteiger partial charge in [0.05, 0.1) is 7.11 Å². The maximum absolute atomic E-state index is 5.41. The lowest BCUT2D eigenvalue weighted by Crippen LogP contribution is -2.01. The molecule has 0 spiro atoms. The second kappa shape index (κ2) is 6.88. The van der Waals surface area contributed by atoms with E-state index in [0.29, 0.717) is 6.42 Å². The molecular weight excluding hydrogens is 324 g/mol. The van der Waals surface area contributed by atoms with Crippen LogP contribution in [0, 0.1) is 6.92 Å². The normalized spacial score (nSPS) is 10.8. The zero-order valence-corrected chi connectivity index (χ0v) is 14.8. The summed E-state index contributed by atoms with van der Waals surface area (Å²) in [5.41, 5.74) is 4.35. The Balaban J connectivity index is 1.56. The average Bonchev–Trinajstić information content (AvgIpc) is 3.02. The zero-order valence-electron chi connectivity index (χ0n) is 14.8. The van der Waals surface area contributed by atoms with Crippen LogP contribution in [0.1, 0.15) is 17.1 Å². The van der Waals surface area contributed by atoms with Crippen LogP contribution in [0.5, 0.6) is 5.75 Å². The third-order valence-electron chi connectivity index (χ3n) is 4.27. The second-order valence-electron chi connectivity index (χ2n) is 6.23. The Morgan fingerprint density at radius 2 is 1.96 bits per heavy atom. The number of nitrogens with zero attached hydrogens (tertiary/aromatic N) is 2. The lowest BCUT2D eigenvalue weighted by Gasteiger charge is -2.09. The quantitative estimate of drug-likeness (QED) is 0.555. The topological polar surface area (TPSA) is 62.8 Å². The van der Waals surface area contributed by atoms with Crippen LogP contribution < -0.4 is 10.1 Å². The SMILES string of the molecule is COc1ccccc1Cc1nccc(Nc2ccc3[nH]c(C)cc3c2)n1. The van der Waals surface area contributed by atoms with Crippen molar-refractivity contribution in [2.24, 2.45) is 0 Å². The van der Waals surface area contributed by atoms with Gasteiger partial charge in [-0.05, 0) is 43.3 Å². The largest absolute Gasteiger partial charge is 0.496 e. The monoisotopic (exact) mass is 344 g/mol. The van der Waals surface area contributed by atoms with Gasteiger partial charge >= 0.3 is 0 Å². The molecule has 26 heavy (non-hydrogen) atoms. The van der Waals surface area contributed by atoms with Gasteiger partial charge in [0.25, 0.3) is 0 Å². The number of fused-ring (bicyclic) bond motifs is 1. The molecule has 4 rings (SSSR count). The molecule has 5 heteroatoms. The van der Waals surface area contributed by atoms with Crippen LogP contribution >= 0.6 is 0 Å². The van der Waals surface area contributed by atoms with Crippen LogP contribution in [0.15, 0.2) is 60.8 Å². The summed E-state index contributed by atoms with van der Waals surface area (Å²) in [6.07, 6.45) is 2.40. The highest BCUT2D eigenvalue weighted by atomic mass is 16.5. The molecule has 0 unspecified atom stereocenters. The highest BCUT2D eigenvalue weighted by Crippen LogP contribution is 2.23. The van der Waals surface area contributed by atoms with E-state index in [4.69, 9.17) is 4.74 Å². The smallest absolute Gasteiger partial charge is 0.135 e. The van der Waals surface area contributed by atoms with Crippen LogP contribution in [-0.4, -0.2) is 22.1 Å². The molecule has 4 aromatic rings. The van der Waals surface area contributed by atoms with E-state index in [1.807, 2.05) is 36.4 Å². The summed E-state index contributed by atoms with van der Waals surface area (Å²) in [5, 5.41) is 4.54. The summed E-state index contributed by atoms with van der Waals surface area (Å²) < 4.78 is 5.41. The fourth-order valence-electron chi connectivity index (χ4n) is 3.08. The Morgan fingerprint density at radius 3 is 2.85 bits per heavy atom. The average molecular weight is 344 g/mol. The number of nitrogens with one attached hydrogen (secondary N) is 2. The first-order valence-electron chi connectivity index (χ1n) is 8.51. The number of aromatic nitrogens is 3. The highest BCUT2D eigenvalue weighted by molar-refractivity contribution is 5.84. The van der Waals surface area contributed by atoms with E-state index in [-0.39, 0.29) is 0 Å². The van der Waals surface area contributed by atoms with E-state index < -0.39 is 0 Å². The molecule has 2 aromatic heterocycles. The number of hydrogen-bond acceptors (Lipinski definition) is 4. The summed E-state index contributed by atoms with van der Waals surface area (Å²) in [4.78, 5) is 12.4. The van der Waals surface area contributed by atoms with Gasteiger partial charge in [-0.15, -0.1) is 0 Å². The number of anilines is 2. The van der Waals surface area contributed by atoms with Crippen molar-refractivity contribution in [3.05, 3.63) is 77.9 Å². The van der Waals surface area contributed by atoms with Gasteiger partial charge in [0.1, 0.15) is 17.4 Å². The van der Waals surface area contributed by atoms with Gasteiger partial charge in [0, 0.05) is 40.5 Å². The number of H-pyrrole nitrogens is 1. The molecular formula is C21H20N4O. The molecule has 0 saturated carbocycles. The van der Waals surface area contributed by atoms with Crippen LogP contribution in [-0.2, 0) is 6.42 Å². The molecule has 130 valence electrons. The molecule has 0 aliphatic rings. The summed E-state index contributed by atoms with van der Waals surface area (Å²) in [7, 11) is 1.68. The minimum atomic E-state index is 0.621. The van der Waals surface area contributed by atoms with Gasteiger partial charge in [-0.25, -0.2) is 9.97 Å². The predicted octanol–water partition coefficient (Wildman–Crippen LogP) is 4.61. The first-order valence-corrected chi connectivity index (χ1v) is 8.51. The molecule has 0 atom stereocenters. The van der Waals surface area contributed by atoms with Gasteiger partial charge in [-0.1, -0.05) is 18.2 Å². The minimum absolute atomic E-state index is 0.621. The molecule has 0 fully saturated rings. The van der Waals surface area contributed by atoms with Crippen LogP contribution in [0.25, 0.3) is 10.9 Å². The Kier molecular flexibility index (Phi) is 4.27. The first-order chi connectivity index (χ1) is 12.7. The Morgan fingerprint density at radius 1 is 1.08 bits per heavy atom. The van der Waals surface area contributed by atoms with Crippen molar-refractivity contribution in [1.29, 1.82) is 0 Å². The molecule has 5 nitrogen and oxygen atoms in total. The third-order valence-corrected chi connectivity index (χ3v) is 4.27. The van der Waals surface area contributed by atoms with Gasteiger partial charge in [-0.3, -0.25) is 0 Å². The van der Waals surface area contributed by atoms with Gasteiger partial charge in [-0.2, -0.15) is 0 Å².